The van der Waals surface area contributed by atoms with Gasteiger partial charge in [0.1, 0.15) is 18.0 Å². The Balaban J connectivity index is 1.38. The maximum Gasteiger partial charge on any atom is 0.199 e. The summed E-state index contributed by atoms with van der Waals surface area (Å²) in [6.07, 6.45) is 5.75. The summed E-state index contributed by atoms with van der Waals surface area (Å²) in [6, 6.07) is 0. The van der Waals surface area contributed by atoms with Crippen molar-refractivity contribution in [3.8, 4) is 0 Å². The van der Waals surface area contributed by atoms with E-state index in [1.807, 2.05) is 13.8 Å². The molecule has 2 N–H and O–H groups in total. The van der Waals surface area contributed by atoms with E-state index in [0.29, 0.717) is 12.2 Å². The van der Waals surface area contributed by atoms with Crippen molar-refractivity contribution in [2.75, 3.05) is 0 Å². The summed E-state index contributed by atoms with van der Waals surface area (Å²) in [4.78, 5) is 27.3. The van der Waals surface area contributed by atoms with Crippen LogP contribution in [0, 0.1) is 50.7 Å². The van der Waals surface area contributed by atoms with Crippen LogP contribution in [-0.2, 0) is 19.1 Å². The molecule has 0 amide bonds. The number of Topliss-reactive ketones (excluding diaryl/α,β-unsaturated/α-hetero) is 1. The highest BCUT2D eigenvalue weighted by Crippen LogP contribution is 2.88. The SMILES string of the molecule is CC1CC2OC3(OC2C(C)(C)O)C1C1(C)CC(=O)C24CC25C=CC(=O)C(C)(C)C5CCC4C1(C)C3O. The summed E-state index contributed by atoms with van der Waals surface area (Å²) in [6.45, 7) is 14.2. The molecule has 2 heterocycles. The van der Waals surface area contributed by atoms with Crippen LogP contribution in [0.15, 0.2) is 12.2 Å². The topological polar surface area (TPSA) is 93.1 Å². The Morgan fingerprint density at radius 2 is 1.72 bits per heavy atom. The van der Waals surface area contributed by atoms with Crippen LogP contribution >= 0.6 is 0 Å². The summed E-state index contributed by atoms with van der Waals surface area (Å²) >= 11 is 0. The molecule has 6 nitrogen and oxygen atoms in total. The summed E-state index contributed by atoms with van der Waals surface area (Å²) in [7, 11) is 0. The quantitative estimate of drug-likeness (QED) is 0.571. The van der Waals surface area contributed by atoms with Gasteiger partial charge >= 0.3 is 0 Å². The zero-order valence-corrected chi connectivity index (χ0v) is 22.8. The van der Waals surface area contributed by atoms with Crippen LogP contribution in [0.25, 0.3) is 0 Å². The summed E-state index contributed by atoms with van der Waals surface area (Å²) in [5.74, 6) is -0.542. The van der Waals surface area contributed by atoms with Crippen molar-refractivity contribution in [3.63, 3.8) is 0 Å². The first kappa shape index (κ1) is 24.0. The number of ketones is 2. The standard InChI is InChI=1S/C30H42O6/c1-15-12-16-22(25(4,5)34)36-30(35-16)21(15)26(6)13-20(32)29-14-28(29)11-10-19(31)24(2,3)17(28)8-9-18(29)27(26,7)23(30)33/h10-11,15-18,21-23,33-34H,8-9,12-14H2,1-7H3. The summed E-state index contributed by atoms with van der Waals surface area (Å²) < 4.78 is 13.4. The third-order valence-electron chi connectivity index (χ3n) is 13.2. The Labute approximate surface area is 214 Å². The molecule has 7 rings (SSSR count). The van der Waals surface area contributed by atoms with Crippen molar-refractivity contribution >= 4 is 11.6 Å². The van der Waals surface area contributed by atoms with E-state index in [9.17, 15) is 19.8 Å². The number of hydrogen-bond acceptors (Lipinski definition) is 6. The van der Waals surface area contributed by atoms with Crippen LogP contribution < -0.4 is 0 Å². The lowest BCUT2D eigenvalue weighted by molar-refractivity contribution is -0.282. The highest BCUT2D eigenvalue weighted by Gasteiger charge is 2.90. The van der Waals surface area contributed by atoms with Gasteiger partial charge in [-0.05, 0) is 68.8 Å². The summed E-state index contributed by atoms with van der Waals surface area (Å²) in [5.41, 5.74) is -3.47. The van der Waals surface area contributed by atoms with Crippen LogP contribution in [0.5, 0.6) is 0 Å². The Hall–Kier alpha value is -1.08. The smallest absolute Gasteiger partial charge is 0.199 e. The van der Waals surface area contributed by atoms with E-state index in [1.54, 1.807) is 19.9 Å². The molecule has 3 spiro atoms. The van der Waals surface area contributed by atoms with Gasteiger partial charge in [-0.3, -0.25) is 9.59 Å². The molecule has 12 unspecified atom stereocenters. The average molecular weight is 499 g/mol. The second-order valence-corrected chi connectivity index (χ2v) is 15.3. The molecule has 6 fully saturated rings. The lowest BCUT2D eigenvalue weighted by Crippen LogP contribution is -2.62. The molecule has 36 heavy (non-hydrogen) atoms. The first-order valence-electron chi connectivity index (χ1n) is 14.1. The number of aliphatic hydroxyl groups is 2. The monoisotopic (exact) mass is 498 g/mol. The first-order valence-corrected chi connectivity index (χ1v) is 14.1. The molecule has 0 aromatic heterocycles. The normalized spacial score (nSPS) is 60.1. The van der Waals surface area contributed by atoms with Crippen LogP contribution in [0.4, 0.5) is 0 Å². The van der Waals surface area contributed by atoms with E-state index in [-0.39, 0.29) is 41.0 Å². The molecule has 4 saturated carbocycles. The zero-order chi connectivity index (χ0) is 26.1. The van der Waals surface area contributed by atoms with E-state index in [4.69, 9.17) is 9.47 Å². The molecule has 6 heteroatoms. The minimum Gasteiger partial charge on any atom is -0.388 e. The Kier molecular flexibility index (Phi) is 4.14. The van der Waals surface area contributed by atoms with Gasteiger partial charge in [0.25, 0.3) is 0 Å². The van der Waals surface area contributed by atoms with Gasteiger partial charge in [0.15, 0.2) is 11.6 Å². The molecule has 2 saturated heterocycles. The van der Waals surface area contributed by atoms with E-state index in [1.165, 1.54) is 0 Å². The Morgan fingerprint density at radius 1 is 1.06 bits per heavy atom. The van der Waals surface area contributed by atoms with Gasteiger partial charge in [-0.25, -0.2) is 0 Å². The predicted molar refractivity (Wildman–Crippen MR) is 132 cm³/mol. The number of carbonyl (C=O) groups excluding carboxylic acids is 2. The van der Waals surface area contributed by atoms with E-state index >= 15 is 0 Å². The first-order chi connectivity index (χ1) is 16.5. The fourth-order valence-corrected chi connectivity index (χ4v) is 11.7. The minimum absolute atomic E-state index is 0.00448. The maximum atomic E-state index is 14.4. The zero-order valence-electron chi connectivity index (χ0n) is 22.8. The second-order valence-electron chi connectivity index (χ2n) is 15.3. The fourth-order valence-electron chi connectivity index (χ4n) is 11.7. The molecule has 0 aromatic rings. The second kappa shape index (κ2) is 6.21. The molecule has 7 aliphatic rings. The lowest BCUT2D eigenvalue weighted by Gasteiger charge is -2.61. The van der Waals surface area contributed by atoms with Crippen molar-refractivity contribution in [2.24, 2.45) is 50.7 Å². The molecule has 12 atom stereocenters. The van der Waals surface area contributed by atoms with Gasteiger partial charge in [0.05, 0.1) is 11.7 Å². The predicted octanol–water partition coefficient (Wildman–Crippen LogP) is 3.82. The maximum absolute atomic E-state index is 14.4. The number of rotatable bonds is 1. The number of carbonyl (C=O) groups is 2. The molecule has 2 bridgehead atoms. The van der Waals surface area contributed by atoms with Crippen LogP contribution in [0.1, 0.15) is 80.6 Å². The number of hydrogen-bond donors (Lipinski definition) is 2. The highest BCUT2D eigenvalue weighted by molar-refractivity contribution is 5.99. The van der Waals surface area contributed by atoms with Gasteiger partial charge in [-0.15, -0.1) is 0 Å². The number of allylic oxidation sites excluding steroid dienone is 2. The largest absolute Gasteiger partial charge is 0.388 e. The van der Waals surface area contributed by atoms with Crippen LogP contribution in [0.2, 0.25) is 0 Å². The third kappa shape index (κ3) is 2.15. The molecule has 198 valence electrons. The molecular weight excluding hydrogens is 456 g/mol. The molecule has 2 aliphatic heterocycles. The van der Waals surface area contributed by atoms with Gasteiger partial charge in [0.2, 0.25) is 0 Å². The van der Waals surface area contributed by atoms with Gasteiger partial charge in [-0.2, -0.15) is 0 Å². The molecule has 0 aromatic carbocycles. The van der Waals surface area contributed by atoms with Gasteiger partial charge in [0, 0.05) is 34.0 Å². The molecular formula is C30H42O6. The van der Waals surface area contributed by atoms with E-state index in [2.05, 4.69) is 26.8 Å². The average Bonchev–Trinajstić information content (AvgIpc) is 3.32. The molecule has 5 aliphatic carbocycles. The lowest BCUT2D eigenvalue weighted by atomic mass is 9.41. The molecule has 0 radical (unpaired) electrons. The number of fused-ring (bicyclic) bond motifs is 4. The van der Waals surface area contributed by atoms with Crippen LogP contribution in [-0.4, -0.2) is 51.5 Å². The summed E-state index contributed by atoms with van der Waals surface area (Å²) in [5, 5.41) is 23.3. The van der Waals surface area contributed by atoms with Gasteiger partial charge in [-0.1, -0.05) is 40.7 Å². The third-order valence-corrected chi connectivity index (χ3v) is 13.2. The Morgan fingerprint density at radius 3 is 2.39 bits per heavy atom. The van der Waals surface area contributed by atoms with Crippen molar-refractivity contribution in [3.05, 3.63) is 12.2 Å². The van der Waals surface area contributed by atoms with E-state index in [0.717, 1.165) is 25.7 Å². The van der Waals surface area contributed by atoms with E-state index < -0.39 is 45.3 Å². The van der Waals surface area contributed by atoms with Crippen molar-refractivity contribution in [1.29, 1.82) is 0 Å². The Bertz CT molecular complexity index is 1120. The fraction of sp³-hybridized carbons (Fsp3) is 0.867. The van der Waals surface area contributed by atoms with Crippen molar-refractivity contribution in [2.45, 2.75) is 110 Å². The van der Waals surface area contributed by atoms with Crippen molar-refractivity contribution < 1.29 is 29.3 Å². The van der Waals surface area contributed by atoms with Crippen molar-refractivity contribution in [1.82, 2.24) is 0 Å². The number of ether oxygens (including phenoxy) is 2. The minimum atomic E-state index is -1.21. The number of aliphatic hydroxyl groups excluding tert-OH is 1. The van der Waals surface area contributed by atoms with Crippen LogP contribution in [0.3, 0.4) is 0 Å². The van der Waals surface area contributed by atoms with Gasteiger partial charge < -0.3 is 19.7 Å². The highest BCUT2D eigenvalue weighted by atomic mass is 16.8.